The van der Waals surface area contributed by atoms with E-state index in [4.69, 9.17) is 3.50 Å². The number of carbonyl (C=O) groups is 4. The third-order valence-electron chi connectivity index (χ3n) is 3.03. The first-order valence-corrected chi connectivity index (χ1v) is 8.80. The minimum absolute atomic E-state index is 0.00997. The summed E-state index contributed by atoms with van der Waals surface area (Å²) in [5.74, 6) is -10.1. The fraction of sp³-hybridized carbons (Fsp3) is 0.333. The number of carbonyl (C=O) groups excluding carboxylic acids is 4. The van der Waals surface area contributed by atoms with Crippen molar-refractivity contribution >= 4 is 36.1 Å². The second kappa shape index (κ2) is 13.9. The molecule has 1 aromatic rings. The number of hydrogen-bond donors (Lipinski definition) is 2. The number of halogens is 4. The standard InChI is InChI=1S/C15H15F4N3O4S.O.Tc/c16-9-2-10(17)15(19)8(14(9)18)1-7(23)3-20-11(24)4-21-12(25)5-22-13(26)6-27;;/h2H,1,3-6H2,(H4,20,21,22,24,25,26,27);;/q;;+2/p-2. The first kappa shape index (κ1) is 26.8. The van der Waals surface area contributed by atoms with Gasteiger partial charge in [0.1, 0.15) is 0 Å². The summed E-state index contributed by atoms with van der Waals surface area (Å²) in [6.07, 6.45) is -0.990. The van der Waals surface area contributed by atoms with E-state index in [1.807, 2.05) is 5.32 Å². The van der Waals surface area contributed by atoms with Crippen molar-refractivity contribution in [2.75, 3.05) is 25.4 Å². The van der Waals surface area contributed by atoms with E-state index in [1.54, 1.807) is 0 Å². The van der Waals surface area contributed by atoms with Gasteiger partial charge in [0.25, 0.3) is 0 Å². The number of ketones is 1. The summed E-state index contributed by atoms with van der Waals surface area (Å²) in [6, 6.07) is 0.00997. The molecule has 0 atom stereocenters. The van der Waals surface area contributed by atoms with Gasteiger partial charge in [0.15, 0.2) is 35.0 Å². The molecule has 14 heteroatoms. The van der Waals surface area contributed by atoms with Crippen molar-refractivity contribution in [1.82, 2.24) is 10.6 Å². The molecule has 3 amide bonds. The Labute approximate surface area is 178 Å². The van der Waals surface area contributed by atoms with E-state index in [2.05, 4.69) is 23.3 Å². The Morgan fingerprint density at radius 3 is 1.97 bits per heavy atom. The number of nitrogens with zero attached hydrogens (tertiary/aromatic N) is 1. The average Bonchev–Trinajstić information content (AvgIpc) is 2.71. The van der Waals surface area contributed by atoms with Gasteiger partial charge in [-0.15, -0.1) is 0 Å². The molecule has 0 unspecified atom stereocenters. The SMILES string of the molecule is O=C(CNC(=O)C[N-]C(=O)CNC(=O)C[S-])Cc1c(F)c(F)cc(F)c1F.[O]=[Tc+2]. The van der Waals surface area contributed by atoms with Gasteiger partial charge in [-0.3, -0.25) is 14.4 Å². The molecule has 159 valence electrons. The molecule has 29 heavy (non-hydrogen) atoms. The Bertz CT molecular complexity index is 759. The van der Waals surface area contributed by atoms with Crippen molar-refractivity contribution < 1.29 is 59.1 Å². The molecule has 0 aliphatic rings. The average molecular weight is 521 g/mol. The van der Waals surface area contributed by atoms with Gasteiger partial charge < -0.3 is 33.4 Å². The van der Waals surface area contributed by atoms with Crippen LogP contribution < -0.4 is 10.6 Å². The molecule has 0 aliphatic heterocycles. The molecule has 0 bridgehead atoms. The Balaban J connectivity index is 0.00000379. The van der Waals surface area contributed by atoms with Crippen LogP contribution in [0.1, 0.15) is 5.56 Å². The van der Waals surface area contributed by atoms with Crippen LogP contribution >= 0.6 is 0 Å². The number of hydrogen-bond acceptors (Lipinski definition) is 6. The summed E-state index contributed by atoms with van der Waals surface area (Å²) < 4.78 is 61.2. The third-order valence-corrected chi connectivity index (χ3v) is 3.29. The Kier molecular flexibility index (Phi) is 12.9. The second-order valence-electron chi connectivity index (χ2n) is 5.07. The van der Waals surface area contributed by atoms with Crippen molar-refractivity contribution in [1.29, 1.82) is 0 Å². The van der Waals surface area contributed by atoms with Gasteiger partial charge in [-0.2, -0.15) is 0 Å². The maximum atomic E-state index is 13.5. The van der Waals surface area contributed by atoms with E-state index in [0.29, 0.717) is 0 Å². The molecule has 0 spiro atoms. The molecular weight excluding hydrogens is 508 g/mol. The van der Waals surface area contributed by atoms with Crippen molar-refractivity contribution in [2.24, 2.45) is 0 Å². The Morgan fingerprint density at radius 1 is 0.931 bits per heavy atom. The number of Topliss-reactive ketones (excluding diaryl/α,β-unsaturated/α-hetero) is 1. The van der Waals surface area contributed by atoms with Gasteiger partial charge >= 0.3 is 22.4 Å². The van der Waals surface area contributed by atoms with Crippen LogP contribution in [0.4, 0.5) is 17.6 Å². The summed E-state index contributed by atoms with van der Waals surface area (Å²) >= 11 is 5.33. The Morgan fingerprint density at radius 2 is 1.45 bits per heavy atom. The summed E-state index contributed by atoms with van der Waals surface area (Å²) in [4.78, 5) is 45.2. The van der Waals surface area contributed by atoms with Crippen molar-refractivity contribution in [3.05, 3.63) is 40.2 Å². The van der Waals surface area contributed by atoms with Crippen LogP contribution in [0.3, 0.4) is 0 Å². The van der Waals surface area contributed by atoms with Crippen LogP contribution in [0.15, 0.2) is 6.07 Å². The predicted molar refractivity (Wildman–Crippen MR) is 87.2 cm³/mol. The zero-order valence-corrected chi connectivity index (χ0v) is 17.1. The van der Waals surface area contributed by atoms with Gasteiger partial charge in [0.2, 0.25) is 5.91 Å². The number of nitrogens with one attached hydrogen (secondary N) is 2. The van der Waals surface area contributed by atoms with Gasteiger partial charge in [0.05, 0.1) is 19.0 Å². The zero-order valence-electron chi connectivity index (χ0n) is 14.4. The fourth-order valence-electron chi connectivity index (χ4n) is 1.73. The van der Waals surface area contributed by atoms with E-state index in [1.165, 1.54) is 0 Å². The van der Waals surface area contributed by atoms with Gasteiger partial charge in [-0.05, 0) is 6.54 Å². The molecule has 0 saturated heterocycles. The summed E-state index contributed by atoms with van der Waals surface area (Å²) in [5.41, 5.74) is -1.09. The number of amides is 3. The first-order chi connectivity index (χ1) is 13.6. The molecular formula is C15H13F4N3O5STc. The van der Waals surface area contributed by atoms with Gasteiger partial charge in [-0.25, -0.2) is 17.6 Å². The predicted octanol–water partition coefficient (Wildman–Crippen LogP) is -0.0871. The van der Waals surface area contributed by atoms with E-state index >= 15 is 0 Å². The number of benzene rings is 1. The first-order valence-electron chi connectivity index (χ1n) is 7.46. The molecule has 1 rings (SSSR count). The monoisotopic (exact) mass is 520 g/mol. The molecule has 0 heterocycles. The topological polar surface area (TPSA) is 124 Å². The van der Waals surface area contributed by atoms with Gasteiger partial charge in [-0.1, -0.05) is 5.75 Å². The summed E-state index contributed by atoms with van der Waals surface area (Å²) in [5, 5.41) is 7.49. The summed E-state index contributed by atoms with van der Waals surface area (Å²) in [6.45, 7) is -1.81. The van der Waals surface area contributed by atoms with Crippen LogP contribution in [-0.2, 0) is 60.6 Å². The molecule has 1 aromatic carbocycles. The van der Waals surface area contributed by atoms with Crippen LogP contribution in [0.5, 0.6) is 0 Å². The van der Waals surface area contributed by atoms with Crippen LogP contribution in [-0.4, -0.2) is 48.9 Å². The molecule has 8 nitrogen and oxygen atoms in total. The van der Waals surface area contributed by atoms with E-state index in [9.17, 15) is 36.7 Å². The zero-order chi connectivity index (χ0) is 22.6. The normalized spacial score (nSPS) is 9.66. The van der Waals surface area contributed by atoms with Crippen molar-refractivity contribution in [2.45, 2.75) is 6.42 Å². The van der Waals surface area contributed by atoms with Crippen molar-refractivity contribution in [3.8, 4) is 0 Å². The molecule has 0 saturated carbocycles. The fourth-order valence-corrected chi connectivity index (χ4v) is 1.83. The van der Waals surface area contributed by atoms with E-state index in [0.717, 1.165) is 18.9 Å². The maximum absolute atomic E-state index is 13.5. The summed E-state index contributed by atoms with van der Waals surface area (Å²) in [7, 11) is 0. The quantitative estimate of drug-likeness (QED) is 0.266. The molecule has 2 N–H and O–H groups in total. The van der Waals surface area contributed by atoms with Crippen LogP contribution in [0.2, 0.25) is 0 Å². The van der Waals surface area contributed by atoms with Crippen molar-refractivity contribution in [3.63, 3.8) is 0 Å². The molecule has 0 fully saturated rings. The van der Waals surface area contributed by atoms with E-state index in [-0.39, 0.29) is 11.8 Å². The minimum atomic E-state index is -1.70. The van der Waals surface area contributed by atoms with E-state index < -0.39 is 78.4 Å². The molecule has 0 aromatic heterocycles. The second-order valence-corrected chi connectivity index (χ2v) is 5.36. The van der Waals surface area contributed by atoms with Gasteiger partial charge in [0, 0.05) is 18.1 Å². The third kappa shape index (κ3) is 9.72. The molecule has 0 radical (unpaired) electrons. The number of rotatable bonds is 9. The molecule has 0 aliphatic carbocycles. The Hall–Kier alpha value is -2.18. The van der Waals surface area contributed by atoms with Crippen LogP contribution in [0.25, 0.3) is 5.32 Å². The van der Waals surface area contributed by atoms with Crippen LogP contribution in [0, 0.1) is 23.3 Å².